The molecule has 0 saturated heterocycles. The molecule has 0 spiro atoms. The van der Waals surface area contributed by atoms with Crippen LogP contribution in [0.5, 0.6) is 0 Å². The summed E-state index contributed by atoms with van der Waals surface area (Å²) in [5.74, 6) is -0.984. The average Bonchev–Trinajstić information content (AvgIpc) is 2.79. The normalized spacial score (nSPS) is 16.5. The summed E-state index contributed by atoms with van der Waals surface area (Å²) in [5.41, 5.74) is 2.14. The lowest BCUT2D eigenvalue weighted by molar-refractivity contribution is 0.0696. The molecule has 5 heteroatoms. The van der Waals surface area contributed by atoms with Crippen LogP contribution in [0.15, 0.2) is 12.1 Å². The molecule has 21 heavy (non-hydrogen) atoms. The maximum absolute atomic E-state index is 12.1. The predicted molar refractivity (Wildman–Crippen MR) is 81.9 cm³/mol. The summed E-state index contributed by atoms with van der Waals surface area (Å²) in [5, 5.41) is 14.9. The standard InChI is InChI=1S/C16H22N2O3/c1-10-8-12(9-13(11(10)2)14(19)20)17-15(21)18-16(3)6-4-5-7-16/h8-9H,4-7H2,1-3H3,(H,19,20)(H2,17,18,21). The second-order valence-corrected chi connectivity index (χ2v) is 6.12. The Morgan fingerprint density at radius 3 is 2.38 bits per heavy atom. The van der Waals surface area contributed by atoms with Gasteiger partial charge < -0.3 is 15.7 Å². The minimum Gasteiger partial charge on any atom is -0.478 e. The summed E-state index contributed by atoms with van der Waals surface area (Å²) in [6, 6.07) is 3.01. The molecule has 1 saturated carbocycles. The topological polar surface area (TPSA) is 78.4 Å². The van der Waals surface area contributed by atoms with Crippen LogP contribution in [0.2, 0.25) is 0 Å². The first kappa shape index (κ1) is 15.4. The summed E-state index contributed by atoms with van der Waals surface area (Å²) < 4.78 is 0. The van der Waals surface area contributed by atoms with E-state index in [2.05, 4.69) is 10.6 Å². The molecule has 5 nitrogen and oxygen atoms in total. The number of anilines is 1. The molecule has 114 valence electrons. The Hall–Kier alpha value is -2.04. The van der Waals surface area contributed by atoms with E-state index in [0.29, 0.717) is 5.69 Å². The van der Waals surface area contributed by atoms with Gasteiger partial charge in [-0.25, -0.2) is 9.59 Å². The molecular formula is C16H22N2O3. The first-order chi connectivity index (χ1) is 9.81. The Morgan fingerprint density at radius 2 is 1.81 bits per heavy atom. The van der Waals surface area contributed by atoms with Crippen LogP contribution >= 0.6 is 0 Å². The fourth-order valence-corrected chi connectivity index (χ4v) is 2.87. The van der Waals surface area contributed by atoms with Gasteiger partial charge in [0.1, 0.15) is 0 Å². The highest BCUT2D eigenvalue weighted by atomic mass is 16.4. The second-order valence-electron chi connectivity index (χ2n) is 6.12. The second kappa shape index (κ2) is 5.76. The van der Waals surface area contributed by atoms with Crippen LogP contribution in [0.25, 0.3) is 0 Å². The van der Waals surface area contributed by atoms with Crippen LogP contribution in [-0.4, -0.2) is 22.6 Å². The number of amides is 2. The highest BCUT2D eigenvalue weighted by Gasteiger charge is 2.30. The van der Waals surface area contributed by atoms with Crippen molar-refractivity contribution < 1.29 is 14.7 Å². The summed E-state index contributed by atoms with van der Waals surface area (Å²) in [4.78, 5) is 23.3. The summed E-state index contributed by atoms with van der Waals surface area (Å²) >= 11 is 0. The lowest BCUT2D eigenvalue weighted by Crippen LogP contribution is -2.45. The molecule has 1 aromatic rings. The van der Waals surface area contributed by atoms with Gasteiger partial charge in [0.2, 0.25) is 0 Å². The van der Waals surface area contributed by atoms with Gasteiger partial charge in [-0.15, -0.1) is 0 Å². The van der Waals surface area contributed by atoms with Gasteiger partial charge in [-0.1, -0.05) is 12.8 Å². The first-order valence-electron chi connectivity index (χ1n) is 7.24. The third-order valence-electron chi connectivity index (χ3n) is 4.28. The fraction of sp³-hybridized carbons (Fsp3) is 0.500. The van der Waals surface area contributed by atoms with Crippen molar-refractivity contribution in [3.05, 3.63) is 28.8 Å². The van der Waals surface area contributed by atoms with Crippen LogP contribution < -0.4 is 10.6 Å². The highest BCUT2D eigenvalue weighted by Crippen LogP contribution is 2.29. The maximum Gasteiger partial charge on any atom is 0.336 e. The molecule has 0 aliphatic heterocycles. The summed E-state index contributed by atoms with van der Waals surface area (Å²) in [6.45, 7) is 5.65. The number of urea groups is 1. The highest BCUT2D eigenvalue weighted by molar-refractivity contribution is 5.94. The molecule has 1 aromatic carbocycles. The van der Waals surface area contributed by atoms with E-state index in [1.54, 1.807) is 13.0 Å². The van der Waals surface area contributed by atoms with Gasteiger partial charge in [-0.2, -0.15) is 0 Å². The summed E-state index contributed by atoms with van der Waals surface area (Å²) in [6.07, 6.45) is 4.22. The van der Waals surface area contributed by atoms with Gasteiger partial charge >= 0.3 is 12.0 Å². The van der Waals surface area contributed by atoms with Crippen molar-refractivity contribution in [3.8, 4) is 0 Å². The Balaban J connectivity index is 2.12. The van der Waals surface area contributed by atoms with E-state index >= 15 is 0 Å². The number of carboxylic acids is 1. The minimum atomic E-state index is -0.984. The van der Waals surface area contributed by atoms with Crippen molar-refractivity contribution in [1.29, 1.82) is 0 Å². The van der Waals surface area contributed by atoms with E-state index in [1.807, 2.05) is 13.8 Å². The van der Waals surface area contributed by atoms with Gasteiger partial charge in [0.15, 0.2) is 0 Å². The minimum absolute atomic E-state index is 0.153. The van der Waals surface area contributed by atoms with E-state index in [9.17, 15) is 14.7 Å². The molecule has 0 heterocycles. The smallest absolute Gasteiger partial charge is 0.336 e. The van der Waals surface area contributed by atoms with Crippen molar-refractivity contribution in [1.82, 2.24) is 5.32 Å². The monoisotopic (exact) mass is 290 g/mol. The van der Waals surface area contributed by atoms with Crippen LogP contribution in [0.4, 0.5) is 10.5 Å². The Labute approximate surface area is 124 Å². The third-order valence-corrected chi connectivity index (χ3v) is 4.28. The number of aromatic carboxylic acids is 1. The molecule has 3 N–H and O–H groups in total. The zero-order valence-corrected chi connectivity index (χ0v) is 12.7. The molecule has 0 radical (unpaired) electrons. The van der Waals surface area contributed by atoms with Gasteiger partial charge in [0, 0.05) is 11.2 Å². The van der Waals surface area contributed by atoms with Crippen molar-refractivity contribution >= 4 is 17.7 Å². The molecule has 2 rings (SSSR count). The van der Waals surface area contributed by atoms with Crippen LogP contribution in [0.3, 0.4) is 0 Å². The van der Waals surface area contributed by atoms with Crippen molar-refractivity contribution in [3.63, 3.8) is 0 Å². The molecule has 1 aliphatic rings. The molecule has 1 aliphatic carbocycles. The predicted octanol–water partition coefficient (Wildman–Crippen LogP) is 3.46. The van der Waals surface area contributed by atoms with Crippen LogP contribution in [0, 0.1) is 13.8 Å². The van der Waals surface area contributed by atoms with Crippen molar-refractivity contribution in [2.45, 2.75) is 52.0 Å². The van der Waals surface area contributed by atoms with E-state index in [1.165, 1.54) is 6.07 Å². The fourth-order valence-electron chi connectivity index (χ4n) is 2.87. The van der Waals surface area contributed by atoms with E-state index in [-0.39, 0.29) is 17.1 Å². The maximum atomic E-state index is 12.1. The average molecular weight is 290 g/mol. The quantitative estimate of drug-likeness (QED) is 0.797. The van der Waals surface area contributed by atoms with Crippen LogP contribution in [-0.2, 0) is 0 Å². The number of benzene rings is 1. The van der Waals surface area contributed by atoms with Gasteiger partial charge in [-0.05, 0) is 56.9 Å². The SMILES string of the molecule is Cc1cc(NC(=O)NC2(C)CCCC2)cc(C(=O)O)c1C. The van der Waals surface area contributed by atoms with E-state index in [4.69, 9.17) is 0 Å². The molecular weight excluding hydrogens is 268 g/mol. The first-order valence-corrected chi connectivity index (χ1v) is 7.24. The molecule has 2 amide bonds. The van der Waals surface area contributed by atoms with E-state index in [0.717, 1.165) is 36.8 Å². The Bertz CT molecular complexity index is 575. The van der Waals surface area contributed by atoms with Crippen LogP contribution in [0.1, 0.15) is 54.1 Å². The van der Waals surface area contributed by atoms with Crippen molar-refractivity contribution in [2.75, 3.05) is 5.32 Å². The van der Waals surface area contributed by atoms with Crippen molar-refractivity contribution in [2.24, 2.45) is 0 Å². The lowest BCUT2D eigenvalue weighted by Gasteiger charge is -2.25. The van der Waals surface area contributed by atoms with Gasteiger partial charge in [0.05, 0.1) is 5.56 Å². The number of aryl methyl sites for hydroxylation is 1. The summed E-state index contributed by atoms with van der Waals surface area (Å²) in [7, 11) is 0. The van der Waals surface area contributed by atoms with E-state index < -0.39 is 5.97 Å². The lowest BCUT2D eigenvalue weighted by atomic mass is 10.0. The number of hydrogen-bond donors (Lipinski definition) is 3. The zero-order chi connectivity index (χ0) is 15.6. The molecule has 0 atom stereocenters. The number of carbonyl (C=O) groups excluding carboxylic acids is 1. The number of carboxylic acid groups (broad SMARTS) is 1. The van der Waals surface area contributed by atoms with Gasteiger partial charge in [-0.3, -0.25) is 0 Å². The van der Waals surface area contributed by atoms with Gasteiger partial charge in [0.25, 0.3) is 0 Å². The molecule has 1 fully saturated rings. The Kier molecular flexibility index (Phi) is 4.21. The number of rotatable bonds is 3. The largest absolute Gasteiger partial charge is 0.478 e. The number of nitrogens with one attached hydrogen (secondary N) is 2. The molecule has 0 unspecified atom stereocenters. The number of carbonyl (C=O) groups is 2. The number of hydrogen-bond acceptors (Lipinski definition) is 2. The zero-order valence-electron chi connectivity index (χ0n) is 12.7. The third kappa shape index (κ3) is 3.54. The Morgan fingerprint density at radius 1 is 1.19 bits per heavy atom. The molecule has 0 aromatic heterocycles. The molecule has 0 bridgehead atoms.